The molecule has 39 heavy (non-hydrogen) atoms. The molecule has 2 N–H and O–H groups in total. The number of pyridine rings is 1. The lowest BCUT2D eigenvalue weighted by Gasteiger charge is -2.16. The Hall–Kier alpha value is -3.97. The number of fused-ring (bicyclic) bond motifs is 1. The number of carboxylic acid groups (broad SMARTS) is 1. The quantitative estimate of drug-likeness (QED) is 0.270. The summed E-state index contributed by atoms with van der Waals surface area (Å²) in [6, 6.07) is 13.6. The second-order valence-electron chi connectivity index (χ2n) is 10.8. The molecule has 1 aromatic carbocycles. The number of nitrogens with one attached hydrogen (secondary N) is 1. The Bertz CT molecular complexity index is 1790. The highest BCUT2D eigenvalue weighted by Gasteiger charge is 2.33. The number of thiazole rings is 1. The minimum absolute atomic E-state index is 0.0847. The van der Waals surface area contributed by atoms with E-state index in [0.717, 1.165) is 73.9 Å². The summed E-state index contributed by atoms with van der Waals surface area (Å²) in [4.78, 5) is 36.0. The molecule has 198 valence electrons. The zero-order valence-corrected chi connectivity index (χ0v) is 23.4. The first-order valence-corrected chi connectivity index (χ1v) is 14.1. The van der Waals surface area contributed by atoms with Gasteiger partial charge in [-0.2, -0.15) is 0 Å². The second kappa shape index (κ2) is 9.65. The van der Waals surface area contributed by atoms with Crippen LogP contribution in [-0.2, 0) is 12.8 Å². The number of nitrogens with zero attached hydrogens (tertiary/aromatic N) is 2. The molecule has 4 aromatic rings. The Morgan fingerprint density at radius 2 is 1.87 bits per heavy atom. The number of carboxylic acids is 1. The van der Waals surface area contributed by atoms with Gasteiger partial charge in [0.2, 0.25) is 0 Å². The third kappa shape index (κ3) is 4.61. The highest BCUT2D eigenvalue weighted by molar-refractivity contribution is 7.18. The van der Waals surface area contributed by atoms with Crippen molar-refractivity contribution in [2.24, 2.45) is 4.99 Å². The van der Waals surface area contributed by atoms with Crippen LogP contribution in [0, 0.1) is 13.8 Å². The number of aryl methyl sites for hydroxylation is 2. The molecule has 0 spiro atoms. The normalized spacial score (nSPS) is 16.5. The molecule has 1 fully saturated rings. The maximum absolute atomic E-state index is 13.7. The molecule has 0 bridgehead atoms. The number of aliphatic imine (C=N–C) groups is 1. The van der Waals surface area contributed by atoms with Gasteiger partial charge in [0, 0.05) is 46.5 Å². The first-order valence-electron chi connectivity index (χ1n) is 13.3. The molecule has 2 aliphatic rings. The maximum atomic E-state index is 13.7. The summed E-state index contributed by atoms with van der Waals surface area (Å²) in [5, 5.41) is 10.2. The van der Waals surface area contributed by atoms with Gasteiger partial charge >= 0.3 is 5.97 Å². The third-order valence-corrected chi connectivity index (χ3v) is 8.77. The topological polar surface area (TPSA) is 86.9 Å². The lowest BCUT2D eigenvalue weighted by Crippen LogP contribution is -2.20. The molecule has 6 nitrogen and oxygen atoms in total. The van der Waals surface area contributed by atoms with E-state index in [1.165, 1.54) is 15.7 Å². The zero-order valence-electron chi connectivity index (χ0n) is 22.6. The SMILES string of the molecule is CC1=CC(C)=N/C1=C(\Cc1cc(=O)n2c(C(=O)O)c(Cc3ccccc3)sc2c1C1CC1)c1[nH]c(C)cc1C. The molecule has 1 aliphatic carbocycles. The smallest absolute Gasteiger partial charge is 0.354 e. The van der Waals surface area contributed by atoms with Gasteiger partial charge in [-0.1, -0.05) is 30.3 Å². The van der Waals surface area contributed by atoms with Gasteiger partial charge in [-0.05, 0) is 86.4 Å². The number of allylic oxidation sites excluding steroid dienone is 3. The summed E-state index contributed by atoms with van der Waals surface area (Å²) in [6.07, 6.45) is 5.19. The van der Waals surface area contributed by atoms with Gasteiger partial charge in [-0.15, -0.1) is 11.3 Å². The third-order valence-electron chi connectivity index (χ3n) is 7.59. The number of aromatic amines is 1. The largest absolute Gasteiger partial charge is 0.477 e. The average Bonchev–Trinajstić information content (AvgIpc) is 3.43. The number of hydrogen-bond acceptors (Lipinski definition) is 4. The first kappa shape index (κ1) is 25.3. The summed E-state index contributed by atoms with van der Waals surface area (Å²) in [5.41, 5.74) is 10.2. The van der Waals surface area contributed by atoms with E-state index in [1.54, 1.807) is 6.07 Å². The molecular weight excluding hydrogens is 506 g/mol. The summed E-state index contributed by atoms with van der Waals surface area (Å²) in [6.45, 7) is 8.22. The summed E-state index contributed by atoms with van der Waals surface area (Å²) in [7, 11) is 0. The number of aromatic carboxylic acids is 1. The fourth-order valence-corrected chi connectivity index (χ4v) is 7.26. The van der Waals surface area contributed by atoms with Crippen molar-refractivity contribution in [2.75, 3.05) is 0 Å². The van der Waals surface area contributed by atoms with Crippen molar-refractivity contribution >= 4 is 33.4 Å². The number of rotatable bonds is 7. The number of H-pyrrole nitrogens is 1. The molecular formula is C32H31N3O3S. The van der Waals surface area contributed by atoms with E-state index in [0.29, 0.717) is 23.6 Å². The Balaban J connectivity index is 1.57. The Kier molecular flexibility index (Phi) is 6.26. The van der Waals surface area contributed by atoms with Crippen LogP contribution in [0.15, 0.2) is 69.6 Å². The van der Waals surface area contributed by atoms with E-state index < -0.39 is 5.97 Å². The van der Waals surface area contributed by atoms with Crippen LogP contribution in [0.25, 0.3) is 10.4 Å². The average molecular weight is 538 g/mol. The lowest BCUT2D eigenvalue weighted by atomic mass is 9.93. The number of carbonyl (C=O) groups is 1. The molecule has 0 unspecified atom stereocenters. The van der Waals surface area contributed by atoms with E-state index >= 15 is 0 Å². The molecule has 1 aliphatic heterocycles. The van der Waals surface area contributed by atoms with Crippen molar-refractivity contribution in [1.82, 2.24) is 9.38 Å². The molecule has 0 radical (unpaired) electrons. The predicted octanol–water partition coefficient (Wildman–Crippen LogP) is 6.85. The van der Waals surface area contributed by atoms with Gasteiger partial charge in [-0.3, -0.25) is 14.2 Å². The van der Waals surface area contributed by atoms with Gasteiger partial charge < -0.3 is 10.1 Å². The Morgan fingerprint density at radius 3 is 2.46 bits per heavy atom. The van der Waals surface area contributed by atoms with Crippen LogP contribution in [-0.4, -0.2) is 26.2 Å². The minimum Gasteiger partial charge on any atom is -0.477 e. The van der Waals surface area contributed by atoms with Gasteiger partial charge in [0.15, 0.2) is 0 Å². The summed E-state index contributed by atoms with van der Waals surface area (Å²) < 4.78 is 1.45. The number of hydrogen-bond donors (Lipinski definition) is 2. The van der Waals surface area contributed by atoms with Crippen LogP contribution in [0.4, 0.5) is 0 Å². The van der Waals surface area contributed by atoms with E-state index in [4.69, 9.17) is 4.99 Å². The van der Waals surface area contributed by atoms with Crippen LogP contribution in [0.2, 0.25) is 0 Å². The van der Waals surface area contributed by atoms with Crippen LogP contribution in [0.5, 0.6) is 0 Å². The molecule has 0 saturated heterocycles. The van der Waals surface area contributed by atoms with Crippen molar-refractivity contribution in [3.63, 3.8) is 0 Å². The van der Waals surface area contributed by atoms with Crippen molar-refractivity contribution in [1.29, 1.82) is 0 Å². The van der Waals surface area contributed by atoms with Crippen molar-refractivity contribution in [2.45, 2.75) is 59.3 Å². The van der Waals surface area contributed by atoms with Crippen molar-refractivity contribution in [3.05, 3.63) is 114 Å². The Morgan fingerprint density at radius 1 is 1.13 bits per heavy atom. The molecule has 0 atom stereocenters. The van der Waals surface area contributed by atoms with E-state index in [2.05, 4.69) is 31.0 Å². The van der Waals surface area contributed by atoms with E-state index in [9.17, 15) is 14.7 Å². The molecule has 4 heterocycles. The molecule has 7 heteroatoms. The second-order valence-corrected chi connectivity index (χ2v) is 11.9. The molecule has 6 rings (SSSR count). The zero-order chi connectivity index (χ0) is 27.4. The fraction of sp³-hybridized carbons (Fsp3) is 0.281. The van der Waals surface area contributed by atoms with Crippen LogP contribution < -0.4 is 5.56 Å². The van der Waals surface area contributed by atoms with Gasteiger partial charge in [0.1, 0.15) is 10.5 Å². The molecule has 3 aromatic heterocycles. The fourth-order valence-electron chi connectivity index (χ4n) is 5.83. The Labute approximate surface area is 231 Å². The van der Waals surface area contributed by atoms with Crippen LogP contribution in [0.3, 0.4) is 0 Å². The predicted molar refractivity (Wildman–Crippen MR) is 157 cm³/mol. The van der Waals surface area contributed by atoms with Crippen LogP contribution in [0.1, 0.15) is 81.6 Å². The lowest BCUT2D eigenvalue weighted by molar-refractivity contribution is 0.0688. The number of aromatic nitrogens is 2. The summed E-state index contributed by atoms with van der Waals surface area (Å²) in [5.74, 6) is -0.746. The standard InChI is InChI=1S/C32H31N3O3S/c1-17-12-19(3)33-28(17)24(29-18(2)13-20(4)34-29)15-23-16-26(36)35-30(32(37)38)25(14-21-8-6-5-7-9-21)39-31(35)27(23)22-10-11-22/h5-9,12-13,16,22,33H,10-11,14-15H2,1-4H3,(H,37,38)/b29-24+. The van der Waals surface area contributed by atoms with E-state index in [1.807, 2.05) is 44.2 Å². The number of benzene rings is 1. The van der Waals surface area contributed by atoms with Crippen LogP contribution >= 0.6 is 11.3 Å². The van der Waals surface area contributed by atoms with Gasteiger partial charge in [-0.25, -0.2) is 4.79 Å². The monoisotopic (exact) mass is 537 g/mol. The maximum Gasteiger partial charge on any atom is 0.354 e. The summed E-state index contributed by atoms with van der Waals surface area (Å²) >= 11 is 1.45. The van der Waals surface area contributed by atoms with Crippen molar-refractivity contribution in [3.8, 4) is 0 Å². The van der Waals surface area contributed by atoms with Gasteiger partial charge in [0.05, 0.1) is 5.70 Å². The minimum atomic E-state index is -1.07. The van der Waals surface area contributed by atoms with Crippen molar-refractivity contribution < 1.29 is 9.90 Å². The highest BCUT2D eigenvalue weighted by atomic mass is 32.1. The first-order chi connectivity index (χ1) is 18.7. The highest BCUT2D eigenvalue weighted by Crippen LogP contribution is 2.46. The van der Waals surface area contributed by atoms with Gasteiger partial charge in [0.25, 0.3) is 5.56 Å². The molecule has 1 saturated carbocycles. The molecule has 0 amide bonds. The van der Waals surface area contributed by atoms with E-state index in [-0.39, 0.29) is 11.3 Å².